The minimum atomic E-state index is -0.372. The van der Waals surface area contributed by atoms with Gasteiger partial charge >= 0.3 is 23.9 Å². The standard InChI is InChI=1S/C13H26O2.C12H24O2.C11H22O2.C10H20O2/c1-7-12(5,6)11(14)15-13(8-2,9-3)10-4;1-7-9-12(5,6)14-10(13)11(3,4)8-2;1-7-10(3,4)9(12)13-11(5,6)8-2;1-7-10(5,6)8(11)12-9(2,3)4/h7-10H2,1-6H3;7-9H2,1-6H3;7-8H2,1-6H3;7H2,1-6H3. The first-order chi connectivity index (χ1) is 24.1. The maximum atomic E-state index is 12.0. The summed E-state index contributed by atoms with van der Waals surface area (Å²) in [5, 5.41) is 0. The molecule has 0 aliphatic rings. The van der Waals surface area contributed by atoms with Crippen LogP contribution < -0.4 is 0 Å². The summed E-state index contributed by atoms with van der Waals surface area (Å²) in [5.41, 5.74) is -2.69. The van der Waals surface area contributed by atoms with Crippen LogP contribution in [0.2, 0.25) is 0 Å². The molecule has 0 aromatic heterocycles. The number of esters is 4. The van der Waals surface area contributed by atoms with E-state index in [2.05, 4.69) is 27.7 Å². The van der Waals surface area contributed by atoms with Crippen molar-refractivity contribution >= 4 is 23.9 Å². The zero-order valence-electron chi connectivity index (χ0n) is 40.3. The van der Waals surface area contributed by atoms with Gasteiger partial charge in [-0.15, -0.1) is 0 Å². The summed E-state index contributed by atoms with van der Waals surface area (Å²) in [4.78, 5) is 46.9. The van der Waals surface area contributed by atoms with Gasteiger partial charge in [-0.3, -0.25) is 19.2 Å². The van der Waals surface area contributed by atoms with Gasteiger partial charge < -0.3 is 18.9 Å². The average molecular weight is 773 g/mol. The van der Waals surface area contributed by atoms with E-state index in [4.69, 9.17) is 18.9 Å². The van der Waals surface area contributed by atoms with Crippen molar-refractivity contribution in [3.63, 3.8) is 0 Å². The number of ether oxygens (including phenoxy) is 4. The lowest BCUT2D eigenvalue weighted by atomic mass is 9.88. The molecule has 54 heavy (non-hydrogen) atoms. The van der Waals surface area contributed by atoms with Gasteiger partial charge in [0.2, 0.25) is 0 Å². The van der Waals surface area contributed by atoms with E-state index in [-0.39, 0.29) is 67.9 Å². The van der Waals surface area contributed by atoms with E-state index in [1.807, 2.05) is 138 Å². The molecule has 0 fully saturated rings. The van der Waals surface area contributed by atoms with Crippen LogP contribution in [0.25, 0.3) is 0 Å². The molecule has 0 rings (SSSR count). The van der Waals surface area contributed by atoms with Crippen LogP contribution in [0, 0.1) is 21.7 Å². The fourth-order valence-electron chi connectivity index (χ4n) is 3.80. The number of rotatable bonds is 17. The predicted molar refractivity (Wildman–Crippen MR) is 227 cm³/mol. The van der Waals surface area contributed by atoms with Gasteiger partial charge in [0.1, 0.15) is 22.4 Å². The van der Waals surface area contributed by atoms with Gasteiger partial charge in [0, 0.05) is 0 Å². The molecule has 0 heterocycles. The highest BCUT2D eigenvalue weighted by Gasteiger charge is 2.36. The van der Waals surface area contributed by atoms with Crippen LogP contribution in [0.4, 0.5) is 0 Å². The van der Waals surface area contributed by atoms with E-state index in [0.717, 1.165) is 64.2 Å². The molecule has 0 radical (unpaired) electrons. The van der Waals surface area contributed by atoms with Gasteiger partial charge in [0.25, 0.3) is 0 Å². The van der Waals surface area contributed by atoms with Gasteiger partial charge in [0.15, 0.2) is 0 Å². The van der Waals surface area contributed by atoms with Gasteiger partial charge in [-0.1, -0.05) is 68.7 Å². The second-order valence-electron chi connectivity index (χ2n) is 19.5. The number of carbonyl (C=O) groups excluding carboxylic acids is 4. The van der Waals surface area contributed by atoms with Crippen molar-refractivity contribution in [2.75, 3.05) is 0 Å². The first kappa shape index (κ1) is 58.6. The Morgan fingerprint density at radius 3 is 0.815 bits per heavy atom. The Balaban J connectivity index is -0.000000310. The lowest BCUT2D eigenvalue weighted by Gasteiger charge is -2.34. The molecule has 0 aliphatic heterocycles. The average Bonchev–Trinajstić information content (AvgIpc) is 3.06. The van der Waals surface area contributed by atoms with Crippen LogP contribution in [0.3, 0.4) is 0 Å². The third-order valence-corrected chi connectivity index (χ3v) is 10.8. The Labute approximate surface area is 335 Å². The summed E-state index contributed by atoms with van der Waals surface area (Å²) in [7, 11) is 0. The van der Waals surface area contributed by atoms with Crippen molar-refractivity contribution in [1.29, 1.82) is 0 Å². The molecule has 0 spiro atoms. The molecule has 324 valence electrons. The van der Waals surface area contributed by atoms with Crippen molar-refractivity contribution < 1.29 is 38.1 Å². The molecule has 0 amide bonds. The number of carbonyl (C=O) groups is 4. The normalized spacial score (nSPS) is 12.7. The molecular weight excluding hydrogens is 680 g/mol. The highest BCUT2D eigenvalue weighted by Crippen LogP contribution is 2.31. The minimum Gasteiger partial charge on any atom is -0.460 e. The van der Waals surface area contributed by atoms with Gasteiger partial charge in [0.05, 0.1) is 21.7 Å². The molecule has 0 saturated heterocycles. The molecule has 0 aliphatic carbocycles. The quantitative estimate of drug-likeness (QED) is 0.106. The largest absolute Gasteiger partial charge is 0.460 e. The van der Waals surface area contributed by atoms with Crippen LogP contribution in [-0.2, 0) is 38.1 Å². The van der Waals surface area contributed by atoms with E-state index < -0.39 is 0 Å². The second kappa shape index (κ2) is 24.5. The first-order valence-corrected chi connectivity index (χ1v) is 21.0. The molecule has 8 nitrogen and oxygen atoms in total. The Bertz CT molecular complexity index is 1070. The van der Waals surface area contributed by atoms with E-state index in [1.165, 1.54) is 0 Å². The van der Waals surface area contributed by atoms with Crippen LogP contribution in [-0.4, -0.2) is 46.3 Å². The Morgan fingerprint density at radius 2 is 0.593 bits per heavy atom. The molecule has 0 aromatic rings. The molecule has 0 saturated carbocycles. The third-order valence-electron chi connectivity index (χ3n) is 10.8. The lowest BCUT2D eigenvalue weighted by Crippen LogP contribution is -2.38. The van der Waals surface area contributed by atoms with Crippen LogP contribution in [0.15, 0.2) is 0 Å². The van der Waals surface area contributed by atoms with Gasteiger partial charge in [-0.05, 0) is 162 Å². The fraction of sp³-hybridized carbons (Fsp3) is 0.913. The maximum absolute atomic E-state index is 12.0. The van der Waals surface area contributed by atoms with Crippen LogP contribution >= 0.6 is 0 Å². The minimum absolute atomic E-state index is 0.0597. The first-order valence-electron chi connectivity index (χ1n) is 21.0. The van der Waals surface area contributed by atoms with Crippen molar-refractivity contribution in [2.45, 2.75) is 253 Å². The Morgan fingerprint density at radius 1 is 0.333 bits per heavy atom. The molecular formula is C46H92O8. The van der Waals surface area contributed by atoms with Crippen molar-refractivity contribution in [3.05, 3.63) is 0 Å². The summed E-state index contributed by atoms with van der Waals surface area (Å²) >= 11 is 0. The van der Waals surface area contributed by atoms with E-state index in [1.54, 1.807) is 0 Å². The second-order valence-corrected chi connectivity index (χ2v) is 19.5. The molecule has 8 heteroatoms. The number of hydrogen-bond donors (Lipinski definition) is 0. The predicted octanol–water partition coefficient (Wildman–Crippen LogP) is 13.4. The van der Waals surface area contributed by atoms with Gasteiger partial charge in [-0.2, -0.15) is 0 Å². The zero-order valence-corrected chi connectivity index (χ0v) is 40.3. The summed E-state index contributed by atoms with van der Waals surface area (Å²) < 4.78 is 21.9. The summed E-state index contributed by atoms with van der Waals surface area (Å²) in [6, 6.07) is 0. The van der Waals surface area contributed by atoms with E-state index >= 15 is 0 Å². The number of hydrogen-bond acceptors (Lipinski definition) is 8. The van der Waals surface area contributed by atoms with Crippen LogP contribution in [0.1, 0.15) is 230 Å². The Hall–Kier alpha value is -2.12. The van der Waals surface area contributed by atoms with E-state index in [9.17, 15) is 19.2 Å². The Kier molecular flexibility index (Phi) is 26.6. The highest BCUT2D eigenvalue weighted by molar-refractivity contribution is 5.77. The maximum Gasteiger partial charge on any atom is 0.312 e. The molecule has 0 N–H and O–H groups in total. The summed E-state index contributed by atoms with van der Waals surface area (Å²) in [6.07, 6.45) is 8.73. The highest BCUT2D eigenvalue weighted by atomic mass is 16.6. The van der Waals surface area contributed by atoms with E-state index in [0.29, 0.717) is 0 Å². The summed E-state index contributed by atoms with van der Waals surface area (Å²) in [6.45, 7) is 47.3. The monoisotopic (exact) mass is 773 g/mol. The van der Waals surface area contributed by atoms with Crippen molar-refractivity contribution in [1.82, 2.24) is 0 Å². The van der Waals surface area contributed by atoms with Crippen molar-refractivity contribution in [2.24, 2.45) is 21.7 Å². The van der Waals surface area contributed by atoms with Crippen LogP contribution in [0.5, 0.6) is 0 Å². The summed E-state index contributed by atoms with van der Waals surface area (Å²) in [5.74, 6) is -0.353. The smallest absolute Gasteiger partial charge is 0.312 e. The molecule has 0 unspecified atom stereocenters. The lowest BCUT2D eigenvalue weighted by molar-refractivity contribution is -0.172. The zero-order chi connectivity index (χ0) is 44.2. The molecule has 0 aromatic carbocycles. The fourth-order valence-corrected chi connectivity index (χ4v) is 3.80. The van der Waals surface area contributed by atoms with Gasteiger partial charge in [-0.25, -0.2) is 0 Å². The topological polar surface area (TPSA) is 105 Å². The van der Waals surface area contributed by atoms with Crippen molar-refractivity contribution in [3.8, 4) is 0 Å². The third kappa shape index (κ3) is 24.4. The SMILES string of the molecule is CCC(C)(C)C(=O)OC(C)(C)C.CCC(C)(C)OC(=O)C(C)(C)CC.CCC(CC)(CC)OC(=O)C(C)(C)CC.CCCC(C)(C)OC(=O)C(C)(C)CC. The molecule has 0 bridgehead atoms. The molecule has 0 atom stereocenters.